The third-order valence-electron chi connectivity index (χ3n) is 4.96. The van der Waals surface area contributed by atoms with Gasteiger partial charge in [-0.1, -0.05) is 10.8 Å². The highest BCUT2D eigenvalue weighted by Gasteiger charge is 2.28. The smallest absolute Gasteiger partial charge is 0.261 e. The van der Waals surface area contributed by atoms with Crippen molar-refractivity contribution < 1.29 is 4.55 Å². The second-order valence-corrected chi connectivity index (χ2v) is 10.1. The summed E-state index contributed by atoms with van der Waals surface area (Å²) in [6.07, 6.45) is 3.34. The molecule has 26 heavy (non-hydrogen) atoms. The van der Waals surface area contributed by atoms with Gasteiger partial charge in [0.05, 0.1) is 16.6 Å². The van der Waals surface area contributed by atoms with E-state index in [0.29, 0.717) is 22.5 Å². The van der Waals surface area contributed by atoms with Gasteiger partial charge in [0.15, 0.2) is 0 Å². The number of benzene rings is 1. The fraction of sp³-hybridized carbons (Fsp3) is 0.550. The summed E-state index contributed by atoms with van der Waals surface area (Å²) >= 11 is -1.35. The van der Waals surface area contributed by atoms with E-state index in [1.54, 1.807) is 11.6 Å². The van der Waals surface area contributed by atoms with Gasteiger partial charge in [-0.2, -0.15) is 0 Å². The topological polar surface area (TPSA) is 70.3 Å². The van der Waals surface area contributed by atoms with Gasteiger partial charge < -0.3 is 4.55 Å². The molecule has 0 N–H and O–H groups in total. The normalized spacial score (nSPS) is 17.4. The van der Waals surface area contributed by atoms with Crippen LogP contribution in [0.5, 0.6) is 0 Å². The quantitative estimate of drug-likeness (QED) is 0.607. The highest BCUT2D eigenvalue weighted by molar-refractivity contribution is 7.91. The van der Waals surface area contributed by atoms with Crippen LogP contribution in [-0.4, -0.2) is 24.6 Å². The predicted molar refractivity (Wildman–Crippen MR) is 108 cm³/mol. The monoisotopic (exact) mass is 373 g/mol. The van der Waals surface area contributed by atoms with Crippen molar-refractivity contribution in [3.63, 3.8) is 0 Å². The van der Waals surface area contributed by atoms with Crippen LogP contribution < -0.4 is 5.56 Å². The molecule has 0 amide bonds. The summed E-state index contributed by atoms with van der Waals surface area (Å²) in [5.74, 6) is 1.20. The number of aromatic nitrogens is 2. The van der Waals surface area contributed by atoms with Crippen molar-refractivity contribution in [3.05, 3.63) is 39.4 Å². The number of rotatable bonds is 3. The molecule has 140 valence electrons. The van der Waals surface area contributed by atoms with E-state index in [2.05, 4.69) is 4.40 Å². The first-order valence-electron chi connectivity index (χ1n) is 9.08. The first-order valence-corrected chi connectivity index (χ1v) is 10.2. The van der Waals surface area contributed by atoms with Crippen molar-refractivity contribution in [2.75, 3.05) is 0 Å². The van der Waals surface area contributed by atoms with Crippen LogP contribution in [0.1, 0.15) is 69.8 Å². The van der Waals surface area contributed by atoms with Crippen LogP contribution in [-0.2, 0) is 18.4 Å². The van der Waals surface area contributed by atoms with Crippen molar-refractivity contribution in [1.29, 1.82) is 0 Å². The van der Waals surface area contributed by atoms with E-state index in [9.17, 15) is 9.35 Å². The van der Waals surface area contributed by atoms with Gasteiger partial charge in [-0.15, -0.1) is 0 Å². The Balaban J connectivity index is 2.23. The van der Waals surface area contributed by atoms with Gasteiger partial charge in [-0.25, -0.2) is 4.98 Å². The minimum atomic E-state index is -1.35. The summed E-state index contributed by atoms with van der Waals surface area (Å²) in [4.78, 5) is 17.8. The fourth-order valence-electron chi connectivity index (χ4n) is 3.15. The number of hydrogen-bond donors (Lipinski definition) is 0. The van der Waals surface area contributed by atoms with Crippen LogP contribution in [0.2, 0.25) is 0 Å². The molecule has 3 rings (SSSR count). The molecule has 0 spiro atoms. The molecule has 0 unspecified atom stereocenters. The van der Waals surface area contributed by atoms with Gasteiger partial charge in [0.25, 0.3) is 5.56 Å². The van der Waals surface area contributed by atoms with E-state index in [4.69, 9.17) is 4.98 Å². The van der Waals surface area contributed by atoms with Crippen molar-refractivity contribution in [1.82, 2.24) is 9.55 Å². The molecule has 2 aromatic rings. The lowest BCUT2D eigenvalue weighted by Gasteiger charge is -2.26. The maximum atomic E-state index is 12.9. The molecule has 1 aliphatic carbocycles. The number of nitrogens with zero attached hydrogens (tertiary/aromatic N) is 3. The van der Waals surface area contributed by atoms with Crippen LogP contribution in [0.4, 0.5) is 0 Å². The molecule has 0 radical (unpaired) electrons. The number of hydrogen-bond acceptors (Lipinski definition) is 4. The van der Waals surface area contributed by atoms with E-state index in [1.807, 2.05) is 46.8 Å². The van der Waals surface area contributed by atoms with Gasteiger partial charge in [0.1, 0.15) is 21.9 Å². The maximum Gasteiger partial charge on any atom is 0.261 e. The Morgan fingerprint density at radius 2 is 2.00 bits per heavy atom. The van der Waals surface area contributed by atoms with E-state index in [1.165, 1.54) is 6.42 Å². The molecule has 0 saturated heterocycles. The molecule has 0 aliphatic heterocycles. The van der Waals surface area contributed by atoms with E-state index in [-0.39, 0.29) is 5.56 Å². The van der Waals surface area contributed by atoms with Crippen LogP contribution in [0.3, 0.4) is 0 Å². The lowest BCUT2D eigenvalue weighted by molar-refractivity contribution is 0.389. The molecular weight excluding hydrogens is 346 g/mol. The van der Waals surface area contributed by atoms with E-state index >= 15 is 0 Å². The van der Waals surface area contributed by atoms with E-state index < -0.39 is 16.1 Å². The van der Waals surface area contributed by atoms with Crippen LogP contribution in [0.15, 0.2) is 21.3 Å². The fourth-order valence-corrected chi connectivity index (χ4v) is 3.78. The zero-order valence-electron chi connectivity index (χ0n) is 16.4. The van der Waals surface area contributed by atoms with Crippen LogP contribution >= 0.6 is 0 Å². The van der Waals surface area contributed by atoms with Gasteiger partial charge in [0.2, 0.25) is 0 Å². The number of aryl methyl sites for hydroxylation is 1. The molecule has 1 aromatic carbocycles. The second-order valence-electron chi connectivity index (χ2n) is 8.21. The number of fused-ring (bicyclic) bond motifs is 1. The highest BCUT2D eigenvalue weighted by Crippen LogP contribution is 2.35. The minimum Gasteiger partial charge on any atom is -0.591 e. The summed E-state index contributed by atoms with van der Waals surface area (Å²) < 4.78 is 18.1. The lowest BCUT2D eigenvalue weighted by atomic mass is 9.84. The van der Waals surface area contributed by atoms with Crippen molar-refractivity contribution in [2.45, 2.75) is 64.5 Å². The van der Waals surface area contributed by atoms with Crippen molar-refractivity contribution >= 4 is 28.0 Å². The Hall–Kier alpha value is -1.66. The van der Waals surface area contributed by atoms with Gasteiger partial charge >= 0.3 is 0 Å². The summed E-state index contributed by atoms with van der Waals surface area (Å²) in [5.41, 5.74) is 3.08. The zero-order chi connectivity index (χ0) is 19.2. The molecular formula is C20H27N3O2S. The van der Waals surface area contributed by atoms with Crippen molar-refractivity contribution in [3.8, 4) is 0 Å². The van der Waals surface area contributed by atoms with Crippen LogP contribution in [0, 0.1) is 6.92 Å². The molecule has 1 aromatic heterocycles. The predicted octanol–water partition coefficient (Wildman–Crippen LogP) is 3.78. The SMILES string of the molecule is CC(=N[S@+]([O-])C(C)(C)C)c1cc(C)cc2c(=O)n(C)c(C3CCC3)nc12. The largest absolute Gasteiger partial charge is 0.591 e. The third-order valence-corrected chi connectivity index (χ3v) is 6.45. The van der Waals surface area contributed by atoms with Crippen LogP contribution in [0.25, 0.3) is 10.9 Å². The average molecular weight is 374 g/mol. The molecule has 1 aliphatic rings. The summed E-state index contributed by atoms with van der Waals surface area (Å²) in [5, 5.41) is 0.599. The van der Waals surface area contributed by atoms with Gasteiger partial charge in [-0.05, 0) is 65.2 Å². The Labute approximate surface area is 157 Å². The van der Waals surface area contributed by atoms with E-state index in [0.717, 1.165) is 29.8 Å². The zero-order valence-corrected chi connectivity index (χ0v) is 17.2. The highest BCUT2D eigenvalue weighted by atomic mass is 32.2. The standard InChI is InChI=1S/C20H27N3O2S/c1-12-10-15(13(2)22-26(25)20(3,4)5)17-16(11-12)19(24)23(6)18(21-17)14-8-7-9-14/h10-11,14H,7-9H2,1-6H3/t26-/m1/s1. The molecule has 1 heterocycles. The van der Waals surface area contributed by atoms with Gasteiger partial charge in [-0.3, -0.25) is 9.36 Å². The summed E-state index contributed by atoms with van der Waals surface area (Å²) in [7, 11) is 1.81. The summed E-state index contributed by atoms with van der Waals surface area (Å²) in [6, 6.07) is 3.87. The molecule has 0 bridgehead atoms. The first-order chi connectivity index (χ1) is 12.1. The summed E-state index contributed by atoms with van der Waals surface area (Å²) in [6.45, 7) is 9.50. The Morgan fingerprint density at radius 1 is 1.35 bits per heavy atom. The van der Waals surface area contributed by atoms with Crippen molar-refractivity contribution in [2.24, 2.45) is 11.4 Å². The molecule has 6 heteroatoms. The molecule has 5 nitrogen and oxygen atoms in total. The first kappa shape index (κ1) is 19.1. The third kappa shape index (κ3) is 3.45. The van der Waals surface area contributed by atoms with Gasteiger partial charge in [0, 0.05) is 18.5 Å². The molecule has 1 saturated carbocycles. The molecule has 1 fully saturated rings. The minimum absolute atomic E-state index is 0.0217. The Bertz CT molecular complexity index is 937. The Morgan fingerprint density at radius 3 is 2.54 bits per heavy atom. The lowest BCUT2D eigenvalue weighted by Crippen LogP contribution is -2.28. The molecule has 1 atom stereocenters. The maximum absolute atomic E-state index is 12.9. The Kier molecular flexibility index (Phi) is 5.01. The average Bonchev–Trinajstić information content (AvgIpc) is 2.49. The second kappa shape index (κ2) is 6.82.